The van der Waals surface area contributed by atoms with E-state index in [9.17, 15) is 9.59 Å². The number of anilines is 1. The van der Waals surface area contributed by atoms with Gasteiger partial charge in [0.1, 0.15) is 5.60 Å². The third-order valence-corrected chi connectivity index (χ3v) is 2.39. The molecule has 1 aromatic heterocycles. The summed E-state index contributed by atoms with van der Waals surface area (Å²) in [5.41, 5.74) is -0.694. The van der Waals surface area contributed by atoms with Gasteiger partial charge in [-0.3, -0.25) is 10.3 Å². The summed E-state index contributed by atoms with van der Waals surface area (Å²) in [5, 5.41) is 2.61. The molecule has 0 radical (unpaired) electrons. The number of ether oxygens (including phenoxy) is 2. The summed E-state index contributed by atoms with van der Waals surface area (Å²) in [4.78, 5) is 28.9. The normalized spacial score (nSPS) is 10.9. The van der Waals surface area contributed by atoms with Crippen LogP contribution >= 0.6 is 0 Å². The standard InChI is InChI=1S/C15H17N3O4/c1-15(2,3)22-14(20)17-10-6-4-5-7-11(10)21-12-8-9-16-13(19)18-12/h4-9H,1-3H3,(H,17,20)(H,16,18,19). The first-order valence-corrected chi connectivity index (χ1v) is 6.66. The fraction of sp³-hybridized carbons (Fsp3) is 0.267. The van der Waals surface area contributed by atoms with Crippen LogP contribution in [0.25, 0.3) is 0 Å². The summed E-state index contributed by atoms with van der Waals surface area (Å²) in [6.45, 7) is 5.32. The van der Waals surface area contributed by atoms with E-state index in [0.29, 0.717) is 11.4 Å². The second-order valence-corrected chi connectivity index (χ2v) is 5.46. The van der Waals surface area contributed by atoms with Gasteiger partial charge in [0.05, 0.1) is 5.69 Å². The van der Waals surface area contributed by atoms with E-state index >= 15 is 0 Å². The number of nitrogens with zero attached hydrogens (tertiary/aromatic N) is 1. The Morgan fingerprint density at radius 1 is 1.23 bits per heavy atom. The molecule has 0 bridgehead atoms. The Morgan fingerprint density at radius 2 is 1.95 bits per heavy atom. The van der Waals surface area contributed by atoms with E-state index in [-0.39, 0.29) is 5.88 Å². The van der Waals surface area contributed by atoms with Crippen LogP contribution in [0.1, 0.15) is 20.8 Å². The summed E-state index contributed by atoms with van der Waals surface area (Å²) in [5.74, 6) is 0.591. The van der Waals surface area contributed by atoms with E-state index < -0.39 is 17.4 Å². The van der Waals surface area contributed by atoms with E-state index in [4.69, 9.17) is 9.47 Å². The molecule has 0 aliphatic rings. The fourth-order valence-corrected chi connectivity index (χ4v) is 1.60. The van der Waals surface area contributed by atoms with Crippen molar-refractivity contribution in [3.63, 3.8) is 0 Å². The van der Waals surface area contributed by atoms with Crippen molar-refractivity contribution < 1.29 is 14.3 Å². The lowest BCUT2D eigenvalue weighted by atomic mass is 10.2. The van der Waals surface area contributed by atoms with Crippen LogP contribution in [0.5, 0.6) is 11.6 Å². The number of hydrogen-bond acceptors (Lipinski definition) is 5. The van der Waals surface area contributed by atoms with Crippen LogP contribution in [0, 0.1) is 0 Å². The summed E-state index contributed by atoms with van der Waals surface area (Å²) in [6, 6.07) is 8.32. The minimum Gasteiger partial charge on any atom is -0.444 e. The van der Waals surface area contributed by atoms with Crippen molar-refractivity contribution in [1.82, 2.24) is 9.97 Å². The van der Waals surface area contributed by atoms with Crippen LogP contribution in [0.15, 0.2) is 41.3 Å². The average Bonchev–Trinajstić information content (AvgIpc) is 2.39. The summed E-state index contributed by atoms with van der Waals surface area (Å²) >= 11 is 0. The highest BCUT2D eigenvalue weighted by atomic mass is 16.6. The number of H-pyrrole nitrogens is 1. The van der Waals surface area contributed by atoms with Gasteiger partial charge in [0.2, 0.25) is 5.88 Å². The highest BCUT2D eigenvalue weighted by molar-refractivity contribution is 5.87. The van der Waals surface area contributed by atoms with Crippen molar-refractivity contribution in [2.75, 3.05) is 5.32 Å². The number of amides is 1. The molecule has 116 valence electrons. The Labute approximate surface area is 127 Å². The number of carbonyl (C=O) groups excluding carboxylic acids is 1. The maximum atomic E-state index is 11.8. The molecular weight excluding hydrogens is 286 g/mol. The second kappa shape index (κ2) is 6.30. The lowest BCUT2D eigenvalue weighted by Crippen LogP contribution is -2.27. The molecule has 0 aliphatic carbocycles. The van der Waals surface area contributed by atoms with Crippen molar-refractivity contribution in [2.45, 2.75) is 26.4 Å². The molecule has 1 aromatic carbocycles. The molecule has 7 heteroatoms. The molecule has 0 atom stereocenters. The van der Waals surface area contributed by atoms with E-state index in [1.54, 1.807) is 45.0 Å². The third-order valence-electron chi connectivity index (χ3n) is 2.39. The van der Waals surface area contributed by atoms with E-state index in [2.05, 4.69) is 15.3 Å². The first kappa shape index (κ1) is 15.6. The van der Waals surface area contributed by atoms with Gasteiger partial charge >= 0.3 is 11.8 Å². The Morgan fingerprint density at radius 3 is 2.64 bits per heavy atom. The SMILES string of the molecule is CC(C)(C)OC(=O)Nc1ccccc1Oc1ccnc(=O)[nH]1. The van der Waals surface area contributed by atoms with Crippen molar-refractivity contribution in [1.29, 1.82) is 0 Å². The van der Waals surface area contributed by atoms with E-state index in [1.165, 1.54) is 12.3 Å². The van der Waals surface area contributed by atoms with Crippen molar-refractivity contribution in [3.8, 4) is 11.6 Å². The molecule has 22 heavy (non-hydrogen) atoms. The van der Waals surface area contributed by atoms with Crippen molar-refractivity contribution >= 4 is 11.8 Å². The Balaban J connectivity index is 2.16. The molecule has 0 saturated carbocycles. The molecule has 2 N–H and O–H groups in total. The number of rotatable bonds is 3. The predicted molar refractivity (Wildman–Crippen MR) is 81.2 cm³/mol. The van der Waals surface area contributed by atoms with Crippen LogP contribution in [-0.2, 0) is 4.74 Å². The molecule has 2 rings (SSSR count). The lowest BCUT2D eigenvalue weighted by Gasteiger charge is -2.20. The Kier molecular flexibility index (Phi) is 4.45. The Hall–Kier alpha value is -2.83. The highest BCUT2D eigenvalue weighted by Crippen LogP contribution is 2.28. The Bertz CT molecular complexity index is 719. The molecule has 2 aromatic rings. The van der Waals surface area contributed by atoms with Gasteiger partial charge in [-0.25, -0.2) is 14.6 Å². The van der Waals surface area contributed by atoms with Gasteiger partial charge in [-0.1, -0.05) is 12.1 Å². The van der Waals surface area contributed by atoms with E-state index in [1.807, 2.05) is 0 Å². The smallest absolute Gasteiger partial charge is 0.412 e. The largest absolute Gasteiger partial charge is 0.444 e. The number of para-hydroxylation sites is 2. The number of nitrogens with one attached hydrogen (secondary N) is 2. The number of aromatic amines is 1. The molecule has 0 fully saturated rings. The maximum Gasteiger partial charge on any atom is 0.412 e. The zero-order chi connectivity index (χ0) is 16.2. The van der Waals surface area contributed by atoms with Crippen molar-refractivity contribution in [3.05, 3.63) is 47.0 Å². The number of benzene rings is 1. The molecule has 0 saturated heterocycles. The summed E-state index contributed by atoms with van der Waals surface area (Å²) in [7, 11) is 0. The van der Waals surface area contributed by atoms with Gasteiger partial charge in [-0.05, 0) is 32.9 Å². The van der Waals surface area contributed by atoms with Gasteiger partial charge in [-0.15, -0.1) is 0 Å². The molecule has 0 unspecified atom stereocenters. The molecule has 1 amide bonds. The maximum absolute atomic E-state index is 11.8. The number of hydrogen-bond donors (Lipinski definition) is 2. The first-order chi connectivity index (χ1) is 10.3. The summed E-state index contributed by atoms with van der Waals surface area (Å²) < 4.78 is 10.7. The van der Waals surface area contributed by atoms with E-state index in [0.717, 1.165) is 0 Å². The topological polar surface area (TPSA) is 93.3 Å². The minimum atomic E-state index is -0.601. The first-order valence-electron chi connectivity index (χ1n) is 6.66. The van der Waals surface area contributed by atoms with Gasteiger partial charge in [0.15, 0.2) is 5.75 Å². The van der Waals surface area contributed by atoms with Gasteiger partial charge in [0, 0.05) is 12.3 Å². The second-order valence-electron chi connectivity index (χ2n) is 5.46. The minimum absolute atomic E-state index is 0.221. The van der Waals surface area contributed by atoms with Crippen molar-refractivity contribution in [2.24, 2.45) is 0 Å². The lowest BCUT2D eigenvalue weighted by molar-refractivity contribution is 0.0635. The zero-order valence-electron chi connectivity index (χ0n) is 12.5. The average molecular weight is 303 g/mol. The fourth-order valence-electron chi connectivity index (χ4n) is 1.60. The quantitative estimate of drug-likeness (QED) is 0.909. The zero-order valence-corrected chi connectivity index (χ0v) is 12.5. The van der Waals surface area contributed by atoms with Crippen LogP contribution in [-0.4, -0.2) is 21.7 Å². The van der Waals surface area contributed by atoms with Crippen LogP contribution in [0.2, 0.25) is 0 Å². The van der Waals surface area contributed by atoms with Crippen LogP contribution < -0.4 is 15.7 Å². The summed E-state index contributed by atoms with van der Waals surface area (Å²) in [6.07, 6.45) is 0.740. The van der Waals surface area contributed by atoms with Gasteiger partial charge < -0.3 is 9.47 Å². The molecule has 0 spiro atoms. The van der Waals surface area contributed by atoms with Crippen LogP contribution in [0.4, 0.5) is 10.5 Å². The molecular formula is C15H17N3O4. The number of aromatic nitrogens is 2. The molecule has 1 heterocycles. The highest BCUT2D eigenvalue weighted by Gasteiger charge is 2.17. The predicted octanol–water partition coefficient (Wildman–Crippen LogP) is 2.91. The van der Waals surface area contributed by atoms with Crippen LogP contribution in [0.3, 0.4) is 0 Å². The monoisotopic (exact) mass is 303 g/mol. The van der Waals surface area contributed by atoms with Gasteiger partial charge in [0.25, 0.3) is 0 Å². The molecule has 7 nitrogen and oxygen atoms in total. The van der Waals surface area contributed by atoms with Gasteiger partial charge in [-0.2, -0.15) is 0 Å². The number of carbonyl (C=O) groups is 1. The molecule has 0 aliphatic heterocycles. The third kappa shape index (κ3) is 4.62.